The van der Waals surface area contributed by atoms with E-state index in [1.807, 2.05) is 24.3 Å². The molecule has 2 aromatic carbocycles. The number of aromatic nitrogens is 2. The lowest BCUT2D eigenvalue weighted by Crippen LogP contribution is -2.26. The summed E-state index contributed by atoms with van der Waals surface area (Å²) < 4.78 is 5.51. The van der Waals surface area contributed by atoms with Gasteiger partial charge in [-0.25, -0.2) is 9.78 Å². The van der Waals surface area contributed by atoms with Gasteiger partial charge in [-0.05, 0) is 28.3 Å². The number of ether oxygens (including phenoxy) is 1. The van der Waals surface area contributed by atoms with E-state index in [1.165, 1.54) is 22.3 Å². The van der Waals surface area contributed by atoms with Crippen molar-refractivity contribution in [3.8, 4) is 23.0 Å². The van der Waals surface area contributed by atoms with Crippen LogP contribution in [0.15, 0.2) is 67.0 Å². The lowest BCUT2D eigenvalue weighted by molar-refractivity contribution is 0.144. The van der Waals surface area contributed by atoms with Gasteiger partial charge in [-0.3, -0.25) is 0 Å². The molecule has 0 saturated carbocycles. The molecule has 0 aliphatic heterocycles. The van der Waals surface area contributed by atoms with Crippen LogP contribution in [0, 0.1) is 11.8 Å². The van der Waals surface area contributed by atoms with Crippen LogP contribution < -0.4 is 5.32 Å². The summed E-state index contributed by atoms with van der Waals surface area (Å²) in [5, 5.41) is 4.05. The minimum Gasteiger partial charge on any atom is -0.449 e. The third-order valence-electron chi connectivity index (χ3n) is 5.41. The Kier molecular flexibility index (Phi) is 5.07. The normalized spacial score (nSPS) is 12.0. The van der Waals surface area contributed by atoms with Gasteiger partial charge in [0, 0.05) is 18.3 Å². The molecule has 6 heteroatoms. The number of halogens is 1. The highest BCUT2D eigenvalue weighted by Crippen LogP contribution is 2.44. The molecule has 1 aliphatic rings. The van der Waals surface area contributed by atoms with E-state index in [0.29, 0.717) is 10.7 Å². The molecule has 5 rings (SSSR count). The van der Waals surface area contributed by atoms with E-state index in [0.717, 1.165) is 10.9 Å². The quantitative estimate of drug-likeness (QED) is 0.446. The maximum Gasteiger partial charge on any atom is 0.407 e. The highest BCUT2D eigenvalue weighted by molar-refractivity contribution is 6.35. The highest BCUT2D eigenvalue weighted by Gasteiger charge is 2.28. The number of nitrogens with one attached hydrogen (secondary N) is 2. The molecule has 5 nitrogen and oxygen atoms in total. The van der Waals surface area contributed by atoms with Crippen molar-refractivity contribution >= 4 is 28.7 Å². The number of fused-ring (bicyclic) bond motifs is 4. The predicted molar refractivity (Wildman–Crippen MR) is 121 cm³/mol. The van der Waals surface area contributed by atoms with Gasteiger partial charge in [-0.2, -0.15) is 0 Å². The van der Waals surface area contributed by atoms with Gasteiger partial charge in [-0.1, -0.05) is 72.0 Å². The monoisotopic (exact) mass is 427 g/mol. The third-order valence-corrected chi connectivity index (χ3v) is 5.73. The van der Waals surface area contributed by atoms with Gasteiger partial charge in [0.1, 0.15) is 12.3 Å². The van der Waals surface area contributed by atoms with E-state index in [-0.39, 0.29) is 19.1 Å². The largest absolute Gasteiger partial charge is 0.449 e. The van der Waals surface area contributed by atoms with Crippen molar-refractivity contribution in [3.63, 3.8) is 0 Å². The Balaban J connectivity index is 1.21. The van der Waals surface area contributed by atoms with Crippen molar-refractivity contribution in [1.82, 2.24) is 15.3 Å². The minimum absolute atomic E-state index is 0.0325. The summed E-state index contributed by atoms with van der Waals surface area (Å²) in [5.41, 5.74) is 6.18. The van der Waals surface area contributed by atoms with Crippen LogP contribution in [0.4, 0.5) is 4.79 Å². The molecular weight excluding hydrogens is 410 g/mol. The molecule has 31 heavy (non-hydrogen) atoms. The lowest BCUT2D eigenvalue weighted by Gasteiger charge is -2.14. The van der Waals surface area contributed by atoms with Crippen LogP contribution in [0.3, 0.4) is 0 Å². The number of aromatic amines is 1. The Morgan fingerprint density at radius 3 is 2.55 bits per heavy atom. The molecule has 0 saturated heterocycles. The summed E-state index contributed by atoms with van der Waals surface area (Å²) in [7, 11) is 0. The number of hydrogen-bond acceptors (Lipinski definition) is 3. The van der Waals surface area contributed by atoms with Crippen LogP contribution in [0.25, 0.3) is 22.2 Å². The predicted octanol–water partition coefficient (Wildman–Crippen LogP) is 5.11. The lowest BCUT2D eigenvalue weighted by atomic mass is 9.98. The summed E-state index contributed by atoms with van der Waals surface area (Å²) in [6.07, 6.45) is 2.90. The SMILES string of the molecule is O=C(NCC#Cc1c[nH]c2nccc(Cl)c12)OCC1c2ccccc2-c2ccccc21. The average molecular weight is 428 g/mol. The zero-order valence-corrected chi connectivity index (χ0v) is 17.2. The Morgan fingerprint density at radius 2 is 1.81 bits per heavy atom. The summed E-state index contributed by atoms with van der Waals surface area (Å²) in [5.74, 6) is 5.97. The second-order valence-corrected chi connectivity index (χ2v) is 7.61. The van der Waals surface area contributed by atoms with Gasteiger partial charge in [0.25, 0.3) is 0 Å². The molecule has 0 fully saturated rings. The molecule has 0 atom stereocenters. The van der Waals surface area contributed by atoms with Gasteiger partial charge >= 0.3 is 6.09 Å². The molecular formula is C25H18ClN3O2. The Labute approximate surface area is 184 Å². The average Bonchev–Trinajstić information content (AvgIpc) is 3.35. The number of alkyl carbamates (subject to hydrolysis) is 1. The molecule has 0 radical (unpaired) electrons. The minimum atomic E-state index is -0.491. The maximum atomic E-state index is 12.2. The van der Waals surface area contributed by atoms with E-state index in [9.17, 15) is 4.79 Å². The molecule has 0 spiro atoms. The zero-order valence-electron chi connectivity index (χ0n) is 16.5. The molecule has 1 amide bonds. The number of carbonyl (C=O) groups is 1. The summed E-state index contributed by atoms with van der Waals surface area (Å²) in [6.45, 7) is 0.443. The second-order valence-electron chi connectivity index (χ2n) is 7.20. The number of rotatable bonds is 3. The summed E-state index contributed by atoms with van der Waals surface area (Å²) in [4.78, 5) is 19.5. The number of H-pyrrole nitrogens is 1. The molecule has 2 N–H and O–H groups in total. The van der Waals surface area contributed by atoms with Crippen LogP contribution in [-0.2, 0) is 4.74 Å². The van der Waals surface area contributed by atoms with E-state index in [4.69, 9.17) is 16.3 Å². The molecule has 4 aromatic rings. The Hall–Kier alpha value is -3.75. The number of benzene rings is 2. The zero-order chi connectivity index (χ0) is 21.2. The van der Waals surface area contributed by atoms with Crippen molar-refractivity contribution in [3.05, 3.63) is 88.7 Å². The first-order valence-corrected chi connectivity index (χ1v) is 10.3. The van der Waals surface area contributed by atoms with Crippen molar-refractivity contribution in [2.24, 2.45) is 0 Å². The van der Waals surface area contributed by atoms with Crippen LogP contribution in [0.1, 0.15) is 22.6 Å². The van der Waals surface area contributed by atoms with Crippen LogP contribution in [-0.4, -0.2) is 29.2 Å². The molecule has 0 bridgehead atoms. The van der Waals surface area contributed by atoms with Gasteiger partial charge in [0.2, 0.25) is 0 Å². The molecule has 2 heterocycles. The van der Waals surface area contributed by atoms with Crippen LogP contribution in [0.5, 0.6) is 0 Å². The van der Waals surface area contributed by atoms with Gasteiger partial charge in [0.05, 0.1) is 22.5 Å². The van der Waals surface area contributed by atoms with Crippen molar-refractivity contribution in [2.45, 2.75) is 5.92 Å². The van der Waals surface area contributed by atoms with Crippen LogP contribution >= 0.6 is 11.6 Å². The fourth-order valence-electron chi connectivity index (χ4n) is 4.02. The van der Waals surface area contributed by atoms with E-state index < -0.39 is 6.09 Å². The molecule has 2 aromatic heterocycles. The number of hydrogen-bond donors (Lipinski definition) is 2. The number of amides is 1. The highest BCUT2D eigenvalue weighted by atomic mass is 35.5. The first-order valence-electron chi connectivity index (χ1n) is 9.91. The molecule has 0 unspecified atom stereocenters. The first kappa shape index (κ1) is 19.2. The van der Waals surface area contributed by atoms with E-state index in [2.05, 4.69) is 51.4 Å². The third kappa shape index (κ3) is 3.63. The standard InChI is InChI=1S/C25H18ClN3O2/c26-22-11-13-27-24-23(22)16(14-29-24)6-5-12-28-25(30)31-15-21-19-9-3-1-7-17(19)18-8-2-4-10-20(18)21/h1-4,7-11,13-14,21H,12,15H2,(H,27,29)(H,28,30). The van der Waals surface area contributed by atoms with Crippen molar-refractivity contribution in [2.75, 3.05) is 13.2 Å². The first-order chi connectivity index (χ1) is 15.2. The number of pyridine rings is 1. The van der Waals surface area contributed by atoms with Crippen molar-refractivity contribution in [1.29, 1.82) is 0 Å². The second kappa shape index (κ2) is 8.17. The van der Waals surface area contributed by atoms with Gasteiger partial charge in [0.15, 0.2) is 0 Å². The van der Waals surface area contributed by atoms with E-state index in [1.54, 1.807) is 18.5 Å². The topological polar surface area (TPSA) is 67.0 Å². The fraction of sp³-hybridized carbons (Fsp3) is 0.120. The van der Waals surface area contributed by atoms with E-state index >= 15 is 0 Å². The summed E-state index contributed by atoms with van der Waals surface area (Å²) in [6, 6.07) is 18.2. The maximum absolute atomic E-state index is 12.2. The van der Waals surface area contributed by atoms with Gasteiger partial charge in [-0.15, -0.1) is 0 Å². The smallest absolute Gasteiger partial charge is 0.407 e. The number of nitrogens with zero attached hydrogens (tertiary/aromatic N) is 1. The van der Waals surface area contributed by atoms with Crippen LogP contribution in [0.2, 0.25) is 5.02 Å². The Morgan fingerprint density at radius 1 is 1.10 bits per heavy atom. The number of carbonyl (C=O) groups excluding carboxylic acids is 1. The van der Waals surface area contributed by atoms with Gasteiger partial charge < -0.3 is 15.0 Å². The Bertz CT molecular complexity index is 1300. The molecule has 152 valence electrons. The molecule has 1 aliphatic carbocycles. The van der Waals surface area contributed by atoms with Crippen molar-refractivity contribution < 1.29 is 9.53 Å². The summed E-state index contributed by atoms with van der Waals surface area (Å²) >= 11 is 6.22. The fourth-order valence-corrected chi connectivity index (χ4v) is 4.27.